The van der Waals surface area contributed by atoms with Gasteiger partial charge in [-0.05, 0) is 30.0 Å². The number of benzene rings is 2. The summed E-state index contributed by atoms with van der Waals surface area (Å²) in [7, 11) is 2.07. The van der Waals surface area contributed by atoms with Gasteiger partial charge in [0, 0.05) is 13.1 Å². The summed E-state index contributed by atoms with van der Waals surface area (Å²) in [4.78, 5) is 2.22. The number of fused-ring (bicyclic) bond motifs is 1. The normalized spacial score (nSPS) is 20.1. The number of hydrogen-bond donors (Lipinski definition) is 1. The topological polar surface area (TPSA) is 41.9 Å². The fourth-order valence-electron chi connectivity index (χ4n) is 2.47. The summed E-state index contributed by atoms with van der Waals surface area (Å²) in [6, 6.07) is 11.5. The molecule has 0 radical (unpaired) electrons. The fourth-order valence-corrected chi connectivity index (χ4v) is 2.47. The van der Waals surface area contributed by atoms with E-state index in [1.165, 1.54) is 0 Å². The number of nitrogens with zero attached hydrogens (tertiary/aromatic N) is 1. The van der Waals surface area contributed by atoms with Crippen LogP contribution in [0.5, 0.6) is 11.5 Å². The highest BCUT2D eigenvalue weighted by atomic mass is 16.5. The van der Waals surface area contributed by atoms with E-state index in [1.807, 2.05) is 30.3 Å². The number of morpholine rings is 1. The molecule has 0 bridgehead atoms. The largest absolute Gasteiger partial charge is 0.504 e. The molecule has 4 nitrogen and oxygen atoms in total. The van der Waals surface area contributed by atoms with Crippen LogP contribution in [0.2, 0.25) is 0 Å². The number of rotatable bonds is 3. The van der Waals surface area contributed by atoms with Crippen LogP contribution in [-0.2, 0) is 4.74 Å². The molecule has 1 aliphatic heterocycles. The maximum absolute atomic E-state index is 10.0. The quantitative estimate of drug-likeness (QED) is 0.931. The molecule has 0 aliphatic carbocycles. The van der Waals surface area contributed by atoms with Crippen LogP contribution in [0.3, 0.4) is 0 Å². The average Bonchev–Trinajstić information content (AvgIpc) is 2.45. The summed E-state index contributed by atoms with van der Waals surface area (Å²) < 4.78 is 11.4. The number of phenols is 1. The monoisotopic (exact) mass is 273 g/mol. The lowest BCUT2D eigenvalue weighted by Gasteiger charge is -2.29. The van der Waals surface area contributed by atoms with Crippen molar-refractivity contribution in [3.8, 4) is 11.5 Å². The van der Waals surface area contributed by atoms with Gasteiger partial charge in [0.2, 0.25) is 0 Å². The van der Waals surface area contributed by atoms with E-state index in [-0.39, 0.29) is 11.9 Å². The second-order valence-electron chi connectivity index (χ2n) is 5.23. The molecule has 1 saturated heterocycles. The third-order valence-electron chi connectivity index (χ3n) is 3.59. The van der Waals surface area contributed by atoms with Crippen LogP contribution in [0.4, 0.5) is 0 Å². The zero-order valence-corrected chi connectivity index (χ0v) is 11.6. The van der Waals surface area contributed by atoms with E-state index in [4.69, 9.17) is 9.47 Å². The summed E-state index contributed by atoms with van der Waals surface area (Å²) >= 11 is 0. The minimum atomic E-state index is 0.0552. The van der Waals surface area contributed by atoms with Gasteiger partial charge in [0.1, 0.15) is 12.7 Å². The van der Waals surface area contributed by atoms with Gasteiger partial charge in [-0.3, -0.25) is 0 Å². The van der Waals surface area contributed by atoms with Gasteiger partial charge in [0.25, 0.3) is 0 Å². The minimum Gasteiger partial charge on any atom is -0.504 e. The summed E-state index contributed by atoms with van der Waals surface area (Å²) in [5, 5.41) is 12.1. The Balaban J connectivity index is 1.72. The standard InChI is InChI=1S/C16H19NO3/c1-17-6-7-19-14(10-17)11-20-16-9-13-5-3-2-4-12(13)8-15(16)18/h2-5,8-9,14,18H,6-7,10-11H2,1H3. The van der Waals surface area contributed by atoms with Crippen molar-refractivity contribution in [1.29, 1.82) is 0 Å². The van der Waals surface area contributed by atoms with Crippen molar-refractivity contribution in [2.75, 3.05) is 33.4 Å². The van der Waals surface area contributed by atoms with Gasteiger partial charge in [-0.15, -0.1) is 0 Å². The summed E-state index contributed by atoms with van der Waals surface area (Å²) in [5.41, 5.74) is 0. The molecule has 0 spiro atoms. The predicted molar refractivity (Wildman–Crippen MR) is 78.3 cm³/mol. The number of hydrogen-bond acceptors (Lipinski definition) is 4. The number of phenolic OH excluding ortho intramolecular Hbond substituents is 1. The number of likely N-dealkylation sites (N-methyl/N-ethyl adjacent to an activating group) is 1. The Morgan fingerprint density at radius 1 is 1.30 bits per heavy atom. The van der Waals surface area contributed by atoms with Gasteiger partial charge in [0.05, 0.1) is 6.61 Å². The van der Waals surface area contributed by atoms with Crippen LogP contribution >= 0.6 is 0 Å². The van der Waals surface area contributed by atoms with Crippen LogP contribution in [0.25, 0.3) is 10.8 Å². The Labute approximate surface area is 118 Å². The number of ether oxygens (including phenoxy) is 2. The van der Waals surface area contributed by atoms with E-state index in [0.29, 0.717) is 12.4 Å². The molecule has 1 fully saturated rings. The Morgan fingerprint density at radius 2 is 2.05 bits per heavy atom. The summed E-state index contributed by atoms with van der Waals surface area (Å²) in [5.74, 6) is 0.688. The fraction of sp³-hybridized carbons (Fsp3) is 0.375. The molecule has 2 aromatic carbocycles. The molecule has 0 saturated carbocycles. The Kier molecular flexibility index (Phi) is 3.76. The summed E-state index contributed by atoms with van der Waals surface area (Å²) in [6.07, 6.45) is 0.0552. The van der Waals surface area contributed by atoms with E-state index in [1.54, 1.807) is 6.07 Å². The maximum Gasteiger partial charge on any atom is 0.161 e. The van der Waals surface area contributed by atoms with E-state index >= 15 is 0 Å². The van der Waals surface area contributed by atoms with Gasteiger partial charge in [-0.25, -0.2) is 0 Å². The zero-order chi connectivity index (χ0) is 13.9. The highest BCUT2D eigenvalue weighted by Crippen LogP contribution is 2.31. The first-order chi connectivity index (χ1) is 9.72. The second kappa shape index (κ2) is 5.69. The van der Waals surface area contributed by atoms with Crippen molar-refractivity contribution < 1.29 is 14.6 Å². The van der Waals surface area contributed by atoms with Crippen molar-refractivity contribution in [1.82, 2.24) is 4.90 Å². The molecule has 3 rings (SSSR count). The Morgan fingerprint density at radius 3 is 2.80 bits per heavy atom. The minimum absolute atomic E-state index is 0.0552. The third-order valence-corrected chi connectivity index (χ3v) is 3.59. The molecule has 1 N–H and O–H groups in total. The van der Waals surface area contributed by atoms with Crippen molar-refractivity contribution in [3.05, 3.63) is 36.4 Å². The molecular formula is C16H19NO3. The second-order valence-corrected chi connectivity index (χ2v) is 5.23. The molecule has 1 heterocycles. The molecule has 106 valence electrons. The molecule has 0 aromatic heterocycles. The first-order valence-electron chi connectivity index (χ1n) is 6.87. The van der Waals surface area contributed by atoms with Crippen molar-refractivity contribution in [3.63, 3.8) is 0 Å². The van der Waals surface area contributed by atoms with E-state index < -0.39 is 0 Å². The molecule has 1 atom stereocenters. The van der Waals surface area contributed by atoms with Gasteiger partial charge in [-0.2, -0.15) is 0 Å². The third kappa shape index (κ3) is 2.86. The highest BCUT2D eigenvalue weighted by molar-refractivity contribution is 5.85. The van der Waals surface area contributed by atoms with Crippen molar-refractivity contribution in [2.45, 2.75) is 6.10 Å². The molecular weight excluding hydrogens is 254 g/mol. The van der Waals surface area contributed by atoms with Crippen LogP contribution in [0, 0.1) is 0 Å². The van der Waals surface area contributed by atoms with Crippen LogP contribution in [-0.4, -0.2) is 49.5 Å². The van der Waals surface area contributed by atoms with Crippen molar-refractivity contribution >= 4 is 10.8 Å². The van der Waals surface area contributed by atoms with E-state index in [2.05, 4.69) is 11.9 Å². The predicted octanol–water partition coefficient (Wildman–Crippen LogP) is 2.25. The Bertz CT molecular complexity index is 599. The molecule has 1 unspecified atom stereocenters. The highest BCUT2D eigenvalue weighted by Gasteiger charge is 2.18. The van der Waals surface area contributed by atoms with Crippen LogP contribution < -0.4 is 4.74 Å². The first kappa shape index (κ1) is 13.2. The lowest BCUT2D eigenvalue weighted by molar-refractivity contribution is -0.0406. The summed E-state index contributed by atoms with van der Waals surface area (Å²) in [6.45, 7) is 3.00. The first-order valence-corrected chi connectivity index (χ1v) is 6.87. The van der Waals surface area contributed by atoms with Gasteiger partial charge in [0.15, 0.2) is 11.5 Å². The van der Waals surface area contributed by atoms with E-state index in [0.717, 1.165) is 30.5 Å². The molecule has 20 heavy (non-hydrogen) atoms. The lowest BCUT2D eigenvalue weighted by Crippen LogP contribution is -2.42. The molecule has 1 aliphatic rings. The van der Waals surface area contributed by atoms with Gasteiger partial charge in [-0.1, -0.05) is 24.3 Å². The SMILES string of the molecule is CN1CCOC(COc2cc3ccccc3cc2O)C1. The lowest BCUT2D eigenvalue weighted by atomic mass is 10.1. The molecule has 0 amide bonds. The van der Waals surface area contributed by atoms with Crippen LogP contribution in [0.15, 0.2) is 36.4 Å². The molecule has 2 aromatic rings. The Hall–Kier alpha value is -1.78. The smallest absolute Gasteiger partial charge is 0.161 e. The number of aromatic hydroxyl groups is 1. The molecule has 4 heteroatoms. The van der Waals surface area contributed by atoms with Crippen molar-refractivity contribution in [2.24, 2.45) is 0 Å². The zero-order valence-electron chi connectivity index (χ0n) is 11.6. The van der Waals surface area contributed by atoms with Gasteiger partial charge < -0.3 is 19.5 Å². The van der Waals surface area contributed by atoms with Gasteiger partial charge >= 0.3 is 0 Å². The maximum atomic E-state index is 10.0. The van der Waals surface area contributed by atoms with Crippen LogP contribution in [0.1, 0.15) is 0 Å². The average molecular weight is 273 g/mol. The van der Waals surface area contributed by atoms with E-state index in [9.17, 15) is 5.11 Å².